The summed E-state index contributed by atoms with van der Waals surface area (Å²) in [5.74, 6) is 0.302. The van der Waals surface area contributed by atoms with Crippen LogP contribution >= 0.6 is 0 Å². The number of ether oxygens (including phenoxy) is 2. The fourth-order valence-corrected chi connectivity index (χ4v) is 5.46. The van der Waals surface area contributed by atoms with Gasteiger partial charge in [-0.05, 0) is 54.5 Å². The summed E-state index contributed by atoms with van der Waals surface area (Å²) in [4.78, 5) is 9.23. The maximum Gasteiger partial charge on any atom is 0.395 e. The van der Waals surface area contributed by atoms with E-state index in [1.165, 1.54) is 6.08 Å². The molecule has 35 heavy (non-hydrogen) atoms. The van der Waals surface area contributed by atoms with Crippen molar-refractivity contribution in [2.45, 2.75) is 44.3 Å². The number of halogens is 3. The molecule has 2 aromatic heterocycles. The van der Waals surface area contributed by atoms with Crippen LogP contribution in [0.15, 0.2) is 60.6 Å². The average molecular weight is 484 g/mol. The second-order valence-electron chi connectivity index (χ2n) is 9.22. The van der Waals surface area contributed by atoms with Crippen LogP contribution in [0.25, 0.3) is 11.0 Å². The molecule has 0 amide bonds. The van der Waals surface area contributed by atoms with E-state index in [0.717, 1.165) is 47.1 Å². The van der Waals surface area contributed by atoms with Crippen molar-refractivity contribution in [3.05, 3.63) is 71.8 Å². The third kappa shape index (κ3) is 4.54. The molecule has 5 nitrogen and oxygen atoms in total. The van der Waals surface area contributed by atoms with Crippen LogP contribution < -0.4 is 9.47 Å². The summed E-state index contributed by atoms with van der Waals surface area (Å²) in [6, 6.07) is 7.89. The van der Waals surface area contributed by atoms with Gasteiger partial charge in [-0.1, -0.05) is 30.7 Å². The van der Waals surface area contributed by atoms with E-state index in [2.05, 4.69) is 14.5 Å². The normalized spacial score (nSPS) is 22.4. The molecule has 1 aromatic carbocycles. The third-order valence-corrected chi connectivity index (χ3v) is 7.23. The monoisotopic (exact) mass is 483 g/mol. The molecule has 5 rings (SSSR count). The Bertz CT molecular complexity index is 1280. The molecule has 184 valence electrons. The molecule has 2 aliphatic rings. The Morgan fingerprint density at radius 1 is 1.03 bits per heavy atom. The Morgan fingerprint density at radius 2 is 1.83 bits per heavy atom. The average Bonchev–Trinajstić information content (AvgIpc) is 3.51. The molecule has 3 aromatic rings. The summed E-state index contributed by atoms with van der Waals surface area (Å²) in [5, 5.41) is 0.999. The molecule has 0 spiro atoms. The molecule has 0 bridgehead atoms. The Morgan fingerprint density at radius 3 is 2.54 bits per heavy atom. The molecule has 3 atom stereocenters. The van der Waals surface area contributed by atoms with E-state index < -0.39 is 12.1 Å². The number of aromatic nitrogens is 3. The summed E-state index contributed by atoms with van der Waals surface area (Å²) < 4.78 is 52.1. The summed E-state index contributed by atoms with van der Waals surface area (Å²) in [6.07, 6.45) is 7.16. The van der Waals surface area contributed by atoms with Crippen LogP contribution in [-0.4, -0.2) is 34.9 Å². The highest BCUT2D eigenvalue weighted by Crippen LogP contribution is 2.46. The van der Waals surface area contributed by atoms with Crippen molar-refractivity contribution >= 4 is 11.0 Å². The number of rotatable bonds is 6. The molecule has 3 unspecified atom stereocenters. The lowest BCUT2D eigenvalue weighted by Crippen LogP contribution is -2.22. The zero-order valence-electron chi connectivity index (χ0n) is 19.8. The van der Waals surface area contributed by atoms with Gasteiger partial charge in [0.05, 0.1) is 25.8 Å². The topological polar surface area (TPSA) is 49.2 Å². The van der Waals surface area contributed by atoms with Gasteiger partial charge in [-0.3, -0.25) is 0 Å². The largest absolute Gasteiger partial charge is 0.493 e. The minimum atomic E-state index is -4.19. The second-order valence-corrected chi connectivity index (χ2v) is 9.22. The summed E-state index contributed by atoms with van der Waals surface area (Å²) in [6.45, 7) is 0.612. The Hall–Kier alpha value is -3.29. The van der Waals surface area contributed by atoms with Crippen LogP contribution in [0.3, 0.4) is 0 Å². The molecule has 0 N–H and O–H groups in total. The summed E-state index contributed by atoms with van der Waals surface area (Å²) in [7, 11) is 3.23. The van der Waals surface area contributed by atoms with Gasteiger partial charge in [-0.2, -0.15) is 13.2 Å². The first kappa shape index (κ1) is 23.5. The van der Waals surface area contributed by atoms with Crippen molar-refractivity contribution in [2.75, 3.05) is 14.2 Å². The maximum atomic E-state index is 13.1. The van der Waals surface area contributed by atoms with Crippen LogP contribution in [-0.2, 0) is 6.54 Å². The third-order valence-electron chi connectivity index (χ3n) is 7.23. The van der Waals surface area contributed by atoms with Gasteiger partial charge in [0.15, 0.2) is 11.5 Å². The predicted octanol–water partition coefficient (Wildman–Crippen LogP) is 6.45. The molecule has 1 saturated carbocycles. The number of alkyl halides is 3. The zero-order chi connectivity index (χ0) is 24.6. The standard InChI is InChI=1S/C27H28F3N3O2/c1-34-23-11-6-17(14-24(23)35-2)15-33-13-12-22-25(31-16-32-26(22)33)21-5-3-4-20(21)18-7-9-19(10-8-18)27(28,29)30/h6-9,11-14,16,19-21H,3-5,10,15H2,1-2H3. The van der Waals surface area contributed by atoms with Gasteiger partial charge < -0.3 is 14.0 Å². The van der Waals surface area contributed by atoms with Gasteiger partial charge in [-0.25, -0.2) is 9.97 Å². The molecule has 1 fully saturated rings. The van der Waals surface area contributed by atoms with E-state index >= 15 is 0 Å². The Labute approximate surface area is 202 Å². The van der Waals surface area contributed by atoms with Crippen molar-refractivity contribution < 1.29 is 22.6 Å². The first-order chi connectivity index (χ1) is 16.9. The van der Waals surface area contributed by atoms with Crippen LogP contribution in [0.2, 0.25) is 0 Å². The number of hydrogen-bond acceptors (Lipinski definition) is 4. The molecule has 0 aliphatic heterocycles. The van der Waals surface area contributed by atoms with E-state index in [-0.39, 0.29) is 18.3 Å². The van der Waals surface area contributed by atoms with Crippen molar-refractivity contribution in [1.29, 1.82) is 0 Å². The molecular formula is C27H28F3N3O2. The molecular weight excluding hydrogens is 455 g/mol. The van der Waals surface area contributed by atoms with Crippen molar-refractivity contribution in [1.82, 2.24) is 14.5 Å². The van der Waals surface area contributed by atoms with Gasteiger partial charge in [0.1, 0.15) is 12.0 Å². The van der Waals surface area contributed by atoms with Gasteiger partial charge in [-0.15, -0.1) is 0 Å². The highest BCUT2D eigenvalue weighted by molar-refractivity contribution is 5.79. The van der Waals surface area contributed by atoms with Crippen LogP contribution in [0.1, 0.15) is 42.9 Å². The Balaban J connectivity index is 1.41. The molecule has 2 aliphatic carbocycles. The van der Waals surface area contributed by atoms with Gasteiger partial charge in [0.2, 0.25) is 0 Å². The number of fused-ring (bicyclic) bond motifs is 1. The first-order valence-electron chi connectivity index (χ1n) is 11.8. The molecule has 2 heterocycles. The van der Waals surface area contributed by atoms with E-state index in [1.54, 1.807) is 32.7 Å². The van der Waals surface area contributed by atoms with Gasteiger partial charge in [0.25, 0.3) is 0 Å². The molecule has 8 heteroatoms. The lowest BCUT2D eigenvalue weighted by Gasteiger charge is -2.25. The van der Waals surface area contributed by atoms with Gasteiger partial charge >= 0.3 is 6.18 Å². The fraction of sp³-hybridized carbons (Fsp3) is 0.407. The number of benzene rings is 1. The summed E-state index contributed by atoms with van der Waals surface area (Å²) >= 11 is 0. The maximum absolute atomic E-state index is 13.1. The molecule has 0 radical (unpaired) electrons. The number of hydrogen-bond donors (Lipinski definition) is 0. The SMILES string of the molecule is COc1ccc(Cn2ccc3c(C4CCCC4C4=CCC(C(F)(F)F)C=C4)ncnc32)cc1OC. The van der Waals surface area contributed by atoms with Crippen LogP contribution in [0.4, 0.5) is 13.2 Å². The number of allylic oxidation sites excluding steroid dienone is 4. The van der Waals surface area contributed by atoms with E-state index in [4.69, 9.17) is 9.47 Å². The second kappa shape index (κ2) is 9.40. The van der Waals surface area contributed by atoms with Crippen molar-refractivity contribution in [3.8, 4) is 11.5 Å². The highest BCUT2D eigenvalue weighted by Gasteiger charge is 2.39. The van der Waals surface area contributed by atoms with E-state index in [0.29, 0.717) is 18.0 Å². The van der Waals surface area contributed by atoms with Gasteiger partial charge in [0, 0.05) is 24.0 Å². The minimum Gasteiger partial charge on any atom is -0.493 e. The Kier molecular flexibility index (Phi) is 6.30. The summed E-state index contributed by atoms with van der Waals surface area (Å²) in [5.41, 5.74) is 3.89. The number of methoxy groups -OCH3 is 2. The predicted molar refractivity (Wildman–Crippen MR) is 128 cm³/mol. The number of nitrogens with zero attached hydrogens (tertiary/aromatic N) is 3. The lowest BCUT2D eigenvalue weighted by atomic mass is 9.81. The first-order valence-corrected chi connectivity index (χ1v) is 11.8. The smallest absolute Gasteiger partial charge is 0.395 e. The minimum absolute atomic E-state index is 0.0133. The highest BCUT2D eigenvalue weighted by atomic mass is 19.4. The fourth-order valence-electron chi connectivity index (χ4n) is 5.46. The zero-order valence-corrected chi connectivity index (χ0v) is 19.8. The lowest BCUT2D eigenvalue weighted by molar-refractivity contribution is -0.160. The van der Waals surface area contributed by atoms with Crippen molar-refractivity contribution in [3.63, 3.8) is 0 Å². The van der Waals surface area contributed by atoms with Crippen LogP contribution in [0, 0.1) is 11.8 Å². The van der Waals surface area contributed by atoms with Crippen LogP contribution in [0.5, 0.6) is 11.5 Å². The van der Waals surface area contributed by atoms with E-state index in [1.807, 2.05) is 30.5 Å². The molecule has 0 saturated heterocycles. The quantitative estimate of drug-likeness (QED) is 0.405. The van der Waals surface area contributed by atoms with E-state index in [9.17, 15) is 13.2 Å². The van der Waals surface area contributed by atoms with Crippen molar-refractivity contribution in [2.24, 2.45) is 11.8 Å².